The largest absolute Gasteiger partial charge is 0.311 e. The highest BCUT2D eigenvalue weighted by Gasteiger charge is 2.32. The minimum absolute atomic E-state index is 0.761. The minimum Gasteiger partial charge on any atom is -0.311 e. The van der Waals surface area contributed by atoms with Crippen LogP contribution in [0.2, 0.25) is 0 Å². The van der Waals surface area contributed by atoms with Gasteiger partial charge in [0.1, 0.15) is 0 Å². The van der Waals surface area contributed by atoms with Crippen LogP contribution in [-0.4, -0.2) is 12.1 Å². The minimum atomic E-state index is 0.761. The second kappa shape index (κ2) is 5.97. The van der Waals surface area contributed by atoms with Crippen LogP contribution in [0.25, 0.3) is 0 Å². The van der Waals surface area contributed by atoms with Crippen molar-refractivity contribution in [3.63, 3.8) is 0 Å². The van der Waals surface area contributed by atoms with Crippen LogP contribution in [-0.2, 0) is 0 Å². The number of nitrogens with one attached hydrogen (secondary N) is 1. The standard InChI is InChI=1S/C17H24BrN/c1-2-16(9-12-3-4-12)19-17-10-14(11-17)13-5-7-15(18)8-6-13/h5-8,12,14,16-17,19H,2-4,9-11H2,1H3. The van der Waals surface area contributed by atoms with Crippen LogP contribution in [0.3, 0.4) is 0 Å². The van der Waals surface area contributed by atoms with Gasteiger partial charge in [-0.15, -0.1) is 0 Å². The van der Waals surface area contributed by atoms with Gasteiger partial charge in [0.15, 0.2) is 0 Å². The Kier molecular flexibility index (Phi) is 4.28. The SMILES string of the molecule is CCC(CC1CC1)NC1CC(c2ccc(Br)cc2)C1. The van der Waals surface area contributed by atoms with E-state index in [0.717, 1.165) is 23.9 Å². The summed E-state index contributed by atoms with van der Waals surface area (Å²) >= 11 is 3.50. The summed E-state index contributed by atoms with van der Waals surface area (Å²) in [5.41, 5.74) is 1.51. The van der Waals surface area contributed by atoms with Crippen LogP contribution in [0.1, 0.15) is 56.9 Å². The Morgan fingerprint density at radius 2 is 1.89 bits per heavy atom. The second-order valence-electron chi connectivity index (χ2n) is 6.37. The maximum atomic E-state index is 3.88. The third-order valence-electron chi connectivity index (χ3n) is 4.76. The van der Waals surface area contributed by atoms with Crippen LogP contribution >= 0.6 is 15.9 Å². The van der Waals surface area contributed by atoms with Gasteiger partial charge in [-0.05, 0) is 55.2 Å². The zero-order chi connectivity index (χ0) is 13.2. The predicted octanol–water partition coefficient (Wildman–Crippen LogP) is 4.86. The Morgan fingerprint density at radius 1 is 1.21 bits per heavy atom. The lowest BCUT2D eigenvalue weighted by atomic mass is 9.75. The molecule has 2 saturated carbocycles. The summed E-state index contributed by atoms with van der Waals surface area (Å²) in [4.78, 5) is 0. The molecule has 0 bridgehead atoms. The fourth-order valence-corrected chi connectivity index (χ4v) is 3.47. The molecule has 1 aromatic carbocycles. The maximum Gasteiger partial charge on any atom is 0.0175 e. The van der Waals surface area contributed by atoms with E-state index in [1.54, 1.807) is 0 Å². The Balaban J connectivity index is 1.45. The monoisotopic (exact) mass is 321 g/mol. The van der Waals surface area contributed by atoms with Crippen LogP contribution in [0.15, 0.2) is 28.7 Å². The molecule has 0 aliphatic heterocycles. The quantitative estimate of drug-likeness (QED) is 0.788. The summed E-state index contributed by atoms with van der Waals surface area (Å²) in [6, 6.07) is 10.4. The van der Waals surface area contributed by atoms with Crippen LogP contribution < -0.4 is 5.32 Å². The van der Waals surface area contributed by atoms with E-state index < -0.39 is 0 Å². The van der Waals surface area contributed by atoms with E-state index in [1.807, 2.05) is 0 Å². The number of hydrogen-bond donors (Lipinski definition) is 1. The van der Waals surface area contributed by atoms with Crippen molar-refractivity contribution in [2.75, 3.05) is 0 Å². The van der Waals surface area contributed by atoms with Crippen molar-refractivity contribution in [2.45, 2.75) is 63.5 Å². The molecule has 1 unspecified atom stereocenters. The van der Waals surface area contributed by atoms with Crippen molar-refractivity contribution in [2.24, 2.45) is 5.92 Å². The van der Waals surface area contributed by atoms with E-state index in [-0.39, 0.29) is 0 Å². The average molecular weight is 322 g/mol. The summed E-state index contributed by atoms with van der Waals surface area (Å²) < 4.78 is 1.18. The predicted molar refractivity (Wildman–Crippen MR) is 84.5 cm³/mol. The van der Waals surface area contributed by atoms with Gasteiger partial charge >= 0.3 is 0 Å². The van der Waals surface area contributed by atoms with Gasteiger partial charge in [0.2, 0.25) is 0 Å². The molecule has 0 spiro atoms. The Labute approximate surface area is 125 Å². The molecule has 104 valence electrons. The van der Waals surface area contributed by atoms with Gasteiger partial charge in [0.05, 0.1) is 0 Å². The summed E-state index contributed by atoms with van der Waals surface area (Å²) in [7, 11) is 0. The Bertz CT molecular complexity index is 404. The molecule has 0 amide bonds. The van der Waals surface area contributed by atoms with Crippen molar-refractivity contribution in [1.29, 1.82) is 0 Å². The molecule has 1 aromatic rings. The van der Waals surface area contributed by atoms with Gasteiger partial charge in [-0.2, -0.15) is 0 Å². The smallest absolute Gasteiger partial charge is 0.0175 e. The third kappa shape index (κ3) is 3.61. The molecule has 2 heteroatoms. The van der Waals surface area contributed by atoms with Crippen molar-refractivity contribution < 1.29 is 0 Å². The van der Waals surface area contributed by atoms with Crippen molar-refractivity contribution >= 4 is 15.9 Å². The number of halogens is 1. The first-order valence-electron chi connectivity index (χ1n) is 7.76. The van der Waals surface area contributed by atoms with E-state index in [4.69, 9.17) is 0 Å². The molecule has 0 heterocycles. The fourth-order valence-electron chi connectivity index (χ4n) is 3.20. The lowest BCUT2D eigenvalue weighted by Crippen LogP contribution is -2.45. The molecular formula is C17H24BrN. The molecule has 2 fully saturated rings. The fraction of sp³-hybridized carbons (Fsp3) is 0.647. The highest BCUT2D eigenvalue weighted by Crippen LogP contribution is 2.39. The van der Waals surface area contributed by atoms with Gasteiger partial charge in [0.25, 0.3) is 0 Å². The second-order valence-corrected chi connectivity index (χ2v) is 7.28. The van der Waals surface area contributed by atoms with Gasteiger partial charge in [0, 0.05) is 16.6 Å². The van der Waals surface area contributed by atoms with Gasteiger partial charge in [-0.3, -0.25) is 0 Å². The summed E-state index contributed by atoms with van der Waals surface area (Å²) in [6.45, 7) is 2.32. The van der Waals surface area contributed by atoms with Crippen LogP contribution in [0.4, 0.5) is 0 Å². The molecule has 1 N–H and O–H groups in total. The van der Waals surface area contributed by atoms with Crippen LogP contribution in [0.5, 0.6) is 0 Å². The van der Waals surface area contributed by atoms with Crippen molar-refractivity contribution in [1.82, 2.24) is 5.32 Å². The van der Waals surface area contributed by atoms with Gasteiger partial charge < -0.3 is 5.32 Å². The average Bonchev–Trinajstić information content (AvgIpc) is 3.17. The zero-order valence-electron chi connectivity index (χ0n) is 11.7. The summed E-state index contributed by atoms with van der Waals surface area (Å²) in [5.74, 6) is 1.82. The van der Waals surface area contributed by atoms with Crippen molar-refractivity contribution in [3.8, 4) is 0 Å². The summed E-state index contributed by atoms with van der Waals surface area (Å²) in [6.07, 6.45) is 8.30. The molecule has 2 aliphatic rings. The highest BCUT2D eigenvalue weighted by atomic mass is 79.9. The molecule has 0 radical (unpaired) electrons. The summed E-state index contributed by atoms with van der Waals surface area (Å²) in [5, 5.41) is 3.88. The molecule has 0 aromatic heterocycles. The van der Waals surface area contributed by atoms with E-state index in [0.29, 0.717) is 0 Å². The molecular weight excluding hydrogens is 298 g/mol. The van der Waals surface area contributed by atoms with Gasteiger partial charge in [-0.25, -0.2) is 0 Å². The molecule has 1 nitrogen and oxygen atoms in total. The van der Waals surface area contributed by atoms with E-state index >= 15 is 0 Å². The lowest BCUT2D eigenvalue weighted by Gasteiger charge is -2.39. The van der Waals surface area contributed by atoms with Gasteiger partial charge in [-0.1, -0.05) is 47.8 Å². The molecule has 2 aliphatic carbocycles. The first-order valence-corrected chi connectivity index (χ1v) is 8.55. The Hall–Kier alpha value is -0.340. The molecule has 19 heavy (non-hydrogen) atoms. The van der Waals surface area contributed by atoms with Crippen LogP contribution in [0, 0.1) is 5.92 Å². The molecule has 3 rings (SSSR count). The zero-order valence-corrected chi connectivity index (χ0v) is 13.3. The van der Waals surface area contributed by atoms with Crippen molar-refractivity contribution in [3.05, 3.63) is 34.3 Å². The molecule has 1 atom stereocenters. The number of hydrogen-bond acceptors (Lipinski definition) is 1. The third-order valence-corrected chi connectivity index (χ3v) is 5.29. The van der Waals surface area contributed by atoms with E-state index in [1.165, 1.54) is 48.6 Å². The number of rotatable bonds is 6. The normalized spacial score (nSPS) is 27.9. The Morgan fingerprint density at radius 3 is 2.47 bits per heavy atom. The maximum absolute atomic E-state index is 3.88. The number of benzene rings is 1. The first-order chi connectivity index (χ1) is 9.24. The first kappa shape index (κ1) is 13.6. The highest BCUT2D eigenvalue weighted by molar-refractivity contribution is 9.10. The lowest BCUT2D eigenvalue weighted by molar-refractivity contribution is 0.252. The van der Waals surface area contributed by atoms with E-state index in [9.17, 15) is 0 Å². The van der Waals surface area contributed by atoms with E-state index in [2.05, 4.69) is 52.4 Å². The topological polar surface area (TPSA) is 12.0 Å². The molecule has 0 saturated heterocycles.